The average molecular weight is 479 g/mol. The molecule has 0 saturated carbocycles. The zero-order valence-corrected chi connectivity index (χ0v) is 18.9. The van der Waals surface area contributed by atoms with Crippen molar-refractivity contribution in [2.45, 2.75) is 19.3 Å². The molecule has 32 heavy (non-hydrogen) atoms. The van der Waals surface area contributed by atoms with E-state index in [1.54, 1.807) is 18.3 Å². The highest BCUT2D eigenvalue weighted by atomic mass is 35.5. The number of benzene rings is 2. The molecule has 0 radical (unpaired) electrons. The number of hydrogen-bond acceptors (Lipinski definition) is 5. The second-order valence-corrected chi connectivity index (χ2v) is 6.92. The van der Waals surface area contributed by atoms with Crippen LogP contribution >= 0.6 is 24.8 Å². The van der Waals surface area contributed by atoms with Crippen molar-refractivity contribution in [3.05, 3.63) is 102 Å². The van der Waals surface area contributed by atoms with Crippen molar-refractivity contribution >= 4 is 24.8 Å². The van der Waals surface area contributed by atoms with Gasteiger partial charge in [-0.15, -0.1) is 24.8 Å². The van der Waals surface area contributed by atoms with Crippen LogP contribution in [0.25, 0.3) is 11.1 Å². The Bertz CT molecular complexity index is 988. The summed E-state index contributed by atoms with van der Waals surface area (Å²) in [6.45, 7) is 1.75. The molecule has 1 aliphatic heterocycles. The summed E-state index contributed by atoms with van der Waals surface area (Å²) in [6.07, 6.45) is 5.42. The van der Waals surface area contributed by atoms with E-state index in [0.717, 1.165) is 22.3 Å². The molecule has 170 valence electrons. The molecule has 0 bridgehead atoms. The Labute approximate surface area is 199 Å². The monoisotopic (exact) mass is 478 g/mol. The second-order valence-electron chi connectivity index (χ2n) is 6.92. The van der Waals surface area contributed by atoms with Gasteiger partial charge >= 0.3 is 5.95 Å². The van der Waals surface area contributed by atoms with Crippen LogP contribution in [0.2, 0.25) is 0 Å². The third kappa shape index (κ3) is 7.41. The minimum atomic E-state index is -0.351. The van der Waals surface area contributed by atoms with Crippen LogP contribution < -0.4 is 5.32 Å². The second kappa shape index (κ2) is 12.9. The summed E-state index contributed by atoms with van der Waals surface area (Å²) in [5, 5.41) is 3.32. The molecule has 1 unspecified atom stereocenters. The minimum Gasteiger partial charge on any atom is -0.462 e. The quantitative estimate of drug-likeness (QED) is 0.425. The third-order valence-corrected chi connectivity index (χ3v) is 4.63. The first kappa shape index (κ1) is 25.5. The maximum absolute atomic E-state index is 13.1. The Balaban J connectivity index is 0.00000181. The van der Waals surface area contributed by atoms with E-state index in [1.165, 1.54) is 18.4 Å². The van der Waals surface area contributed by atoms with Crippen molar-refractivity contribution in [1.82, 2.24) is 10.3 Å². The fourth-order valence-corrected chi connectivity index (χ4v) is 3.12. The van der Waals surface area contributed by atoms with E-state index in [1.807, 2.05) is 42.6 Å². The number of hydrogen-bond donors (Lipinski definition) is 1. The van der Waals surface area contributed by atoms with E-state index in [9.17, 15) is 4.39 Å². The summed E-state index contributed by atoms with van der Waals surface area (Å²) >= 11 is 0. The average Bonchev–Trinajstić information content (AvgIpc) is 3.22. The van der Waals surface area contributed by atoms with Gasteiger partial charge in [0.15, 0.2) is 6.26 Å². The van der Waals surface area contributed by atoms with Gasteiger partial charge in [0.1, 0.15) is 12.4 Å². The van der Waals surface area contributed by atoms with Gasteiger partial charge in [-0.3, -0.25) is 4.98 Å². The van der Waals surface area contributed by atoms with Crippen LogP contribution in [0, 0.1) is 5.82 Å². The van der Waals surface area contributed by atoms with E-state index < -0.39 is 0 Å². The largest absolute Gasteiger partial charge is 0.462 e. The number of pyridine rings is 1. The molecular weight excluding hydrogens is 454 g/mol. The SMILES string of the molecule is Cl.Cl.Fc1ccc(-c2cncc(CNCCOC3=COC(Cc4ccccc4)O3)c2)cc1. The molecule has 1 aliphatic rings. The molecule has 2 heterocycles. The number of rotatable bonds is 9. The van der Waals surface area contributed by atoms with Gasteiger partial charge in [0.05, 0.1) is 0 Å². The van der Waals surface area contributed by atoms with Crippen LogP contribution in [0.4, 0.5) is 4.39 Å². The number of nitrogens with one attached hydrogen (secondary N) is 1. The number of ether oxygens (including phenoxy) is 3. The predicted molar refractivity (Wildman–Crippen MR) is 126 cm³/mol. The molecular formula is C24H25Cl2FN2O3. The third-order valence-electron chi connectivity index (χ3n) is 4.63. The summed E-state index contributed by atoms with van der Waals surface area (Å²) < 4.78 is 29.9. The van der Waals surface area contributed by atoms with E-state index in [-0.39, 0.29) is 36.9 Å². The maximum Gasteiger partial charge on any atom is 0.318 e. The molecule has 3 aromatic rings. The van der Waals surface area contributed by atoms with Crippen molar-refractivity contribution < 1.29 is 18.6 Å². The van der Waals surface area contributed by atoms with Crippen molar-refractivity contribution in [3.8, 4) is 11.1 Å². The first-order valence-electron chi connectivity index (χ1n) is 9.86. The maximum atomic E-state index is 13.1. The van der Waals surface area contributed by atoms with Crippen LogP contribution in [-0.4, -0.2) is 24.4 Å². The normalized spacial score (nSPS) is 14.3. The molecule has 0 spiro atoms. The van der Waals surface area contributed by atoms with E-state index >= 15 is 0 Å². The Morgan fingerprint density at radius 1 is 0.938 bits per heavy atom. The molecule has 0 fully saturated rings. The topological polar surface area (TPSA) is 52.6 Å². The first-order chi connectivity index (χ1) is 14.8. The molecule has 8 heteroatoms. The van der Waals surface area contributed by atoms with Gasteiger partial charge in [-0.05, 0) is 34.9 Å². The summed E-state index contributed by atoms with van der Waals surface area (Å²) in [5.74, 6) is 0.153. The molecule has 1 atom stereocenters. The van der Waals surface area contributed by atoms with Gasteiger partial charge in [-0.1, -0.05) is 42.5 Å². The molecule has 0 saturated heterocycles. The molecule has 1 aromatic heterocycles. The summed E-state index contributed by atoms with van der Waals surface area (Å²) in [6, 6.07) is 18.5. The molecule has 2 aromatic carbocycles. The Hall–Kier alpha value is -2.80. The summed E-state index contributed by atoms with van der Waals surface area (Å²) in [4.78, 5) is 4.28. The van der Waals surface area contributed by atoms with Gasteiger partial charge in [-0.2, -0.15) is 0 Å². The van der Waals surface area contributed by atoms with Crippen LogP contribution in [-0.2, 0) is 27.2 Å². The van der Waals surface area contributed by atoms with Gasteiger partial charge in [0.25, 0.3) is 0 Å². The van der Waals surface area contributed by atoms with E-state index in [2.05, 4.69) is 10.3 Å². The number of aromatic nitrogens is 1. The predicted octanol–water partition coefficient (Wildman–Crippen LogP) is 5.25. The van der Waals surface area contributed by atoms with Crippen molar-refractivity contribution in [3.63, 3.8) is 0 Å². The Morgan fingerprint density at radius 3 is 2.50 bits per heavy atom. The van der Waals surface area contributed by atoms with Gasteiger partial charge in [0, 0.05) is 37.5 Å². The lowest BCUT2D eigenvalue weighted by Crippen LogP contribution is -2.20. The van der Waals surface area contributed by atoms with Crippen LogP contribution in [0.15, 0.2) is 85.3 Å². The van der Waals surface area contributed by atoms with Crippen molar-refractivity contribution in [2.24, 2.45) is 0 Å². The highest BCUT2D eigenvalue weighted by Crippen LogP contribution is 2.20. The fraction of sp³-hybridized carbons (Fsp3) is 0.208. The molecule has 1 N–H and O–H groups in total. The molecule has 0 aliphatic carbocycles. The van der Waals surface area contributed by atoms with Crippen molar-refractivity contribution in [1.29, 1.82) is 0 Å². The fourth-order valence-electron chi connectivity index (χ4n) is 3.12. The van der Waals surface area contributed by atoms with Crippen LogP contribution in [0.3, 0.4) is 0 Å². The highest BCUT2D eigenvalue weighted by molar-refractivity contribution is 5.85. The van der Waals surface area contributed by atoms with E-state index in [4.69, 9.17) is 14.2 Å². The minimum absolute atomic E-state index is 0. The molecule has 0 amide bonds. The lowest BCUT2D eigenvalue weighted by Gasteiger charge is -2.12. The van der Waals surface area contributed by atoms with Crippen LogP contribution in [0.5, 0.6) is 0 Å². The zero-order valence-electron chi connectivity index (χ0n) is 17.3. The van der Waals surface area contributed by atoms with Crippen LogP contribution in [0.1, 0.15) is 11.1 Å². The van der Waals surface area contributed by atoms with Gasteiger partial charge in [0.2, 0.25) is 6.29 Å². The van der Waals surface area contributed by atoms with Gasteiger partial charge < -0.3 is 19.5 Å². The van der Waals surface area contributed by atoms with Crippen molar-refractivity contribution in [2.75, 3.05) is 13.2 Å². The van der Waals surface area contributed by atoms with Gasteiger partial charge in [-0.25, -0.2) is 4.39 Å². The molecule has 4 rings (SSSR count). The molecule has 5 nitrogen and oxygen atoms in total. The lowest BCUT2D eigenvalue weighted by atomic mass is 10.1. The summed E-state index contributed by atoms with van der Waals surface area (Å²) in [7, 11) is 0. The zero-order chi connectivity index (χ0) is 20.6. The Kier molecular flexibility index (Phi) is 10.3. The lowest BCUT2D eigenvalue weighted by molar-refractivity contribution is -0.0693. The Morgan fingerprint density at radius 2 is 1.72 bits per heavy atom. The first-order valence-corrected chi connectivity index (χ1v) is 9.86. The smallest absolute Gasteiger partial charge is 0.318 e. The van der Waals surface area contributed by atoms with E-state index in [0.29, 0.717) is 32.1 Å². The standard InChI is InChI=1S/C24H23FN2O3.2ClH/c25-22-8-6-20(7-9-22)21-12-19(15-27-16-21)14-26-10-11-28-24-17-29-23(30-24)13-18-4-2-1-3-5-18;;/h1-9,12,15-17,23,26H,10-11,13-14H2;2*1H. The number of nitrogens with zero attached hydrogens (tertiary/aromatic N) is 1. The summed E-state index contributed by atoms with van der Waals surface area (Å²) in [5.41, 5.74) is 4.08. The highest BCUT2D eigenvalue weighted by Gasteiger charge is 2.20. The number of halogens is 3.